The van der Waals surface area contributed by atoms with Crippen molar-refractivity contribution in [2.45, 2.75) is 6.92 Å². The lowest BCUT2D eigenvalue weighted by molar-refractivity contribution is 0.992. The van der Waals surface area contributed by atoms with E-state index in [1.54, 1.807) is 12.4 Å². The minimum Gasteiger partial charge on any atom is -0.265 e. The summed E-state index contributed by atoms with van der Waals surface area (Å²) >= 11 is 0. The Hall–Kier alpha value is -4.70. The van der Waals surface area contributed by atoms with Crippen molar-refractivity contribution < 1.29 is 0 Å². The first-order chi connectivity index (χ1) is 17.2. The van der Waals surface area contributed by atoms with E-state index in [0.29, 0.717) is 17.5 Å². The molecule has 0 radical (unpaired) electrons. The number of aromatic nitrogens is 4. The largest absolute Gasteiger partial charge is 0.265 e. The summed E-state index contributed by atoms with van der Waals surface area (Å²) in [6, 6.07) is 35.6. The molecule has 2 aromatic heterocycles. The van der Waals surface area contributed by atoms with Gasteiger partial charge in [-0.05, 0) is 52.1 Å². The first-order valence-corrected chi connectivity index (χ1v) is 11.6. The van der Waals surface area contributed by atoms with E-state index in [1.807, 2.05) is 19.1 Å². The van der Waals surface area contributed by atoms with E-state index in [2.05, 4.69) is 106 Å². The van der Waals surface area contributed by atoms with Gasteiger partial charge in [-0.3, -0.25) is 4.98 Å². The van der Waals surface area contributed by atoms with Gasteiger partial charge in [0.1, 0.15) is 5.82 Å². The zero-order valence-corrected chi connectivity index (χ0v) is 19.3. The standard InChI is InChI=1S/C31H22N4/c1-21-33-30(26-13-9-22(10-14-26)23-17-19-32-20-18-23)35-31(34-21)27-15-11-25(12-16-27)29-8-4-6-24-5-2-3-7-28(24)29/h2-20H,1H3. The summed E-state index contributed by atoms with van der Waals surface area (Å²) in [7, 11) is 0. The smallest absolute Gasteiger partial charge is 0.163 e. The second kappa shape index (κ2) is 8.92. The Morgan fingerprint density at radius 1 is 0.457 bits per heavy atom. The molecule has 2 heterocycles. The first-order valence-electron chi connectivity index (χ1n) is 11.6. The molecule has 0 saturated heterocycles. The van der Waals surface area contributed by atoms with Crippen LogP contribution in [0.4, 0.5) is 0 Å². The molecule has 0 saturated carbocycles. The van der Waals surface area contributed by atoms with E-state index < -0.39 is 0 Å². The van der Waals surface area contributed by atoms with Crippen LogP contribution in [-0.4, -0.2) is 19.9 Å². The number of benzene rings is 4. The third kappa shape index (κ3) is 4.18. The van der Waals surface area contributed by atoms with E-state index in [1.165, 1.54) is 21.9 Å². The van der Waals surface area contributed by atoms with Gasteiger partial charge >= 0.3 is 0 Å². The molecule has 0 unspecified atom stereocenters. The second-order valence-corrected chi connectivity index (χ2v) is 8.45. The molecule has 6 aromatic rings. The van der Waals surface area contributed by atoms with E-state index in [0.717, 1.165) is 22.3 Å². The number of aryl methyl sites for hydroxylation is 1. The van der Waals surface area contributed by atoms with Gasteiger partial charge in [0.2, 0.25) is 0 Å². The molecule has 0 bridgehead atoms. The number of rotatable bonds is 4. The maximum atomic E-state index is 4.80. The van der Waals surface area contributed by atoms with Gasteiger partial charge in [0.15, 0.2) is 11.6 Å². The van der Waals surface area contributed by atoms with Crippen molar-refractivity contribution >= 4 is 10.8 Å². The van der Waals surface area contributed by atoms with Gasteiger partial charge in [-0.2, -0.15) is 0 Å². The average Bonchev–Trinajstić information content (AvgIpc) is 2.93. The normalized spacial score (nSPS) is 11.0. The van der Waals surface area contributed by atoms with Gasteiger partial charge in [-0.1, -0.05) is 91.0 Å². The Balaban J connectivity index is 1.33. The molecule has 4 aromatic carbocycles. The van der Waals surface area contributed by atoms with Crippen LogP contribution < -0.4 is 0 Å². The van der Waals surface area contributed by atoms with Crippen LogP contribution in [0.1, 0.15) is 5.82 Å². The Morgan fingerprint density at radius 3 is 1.69 bits per heavy atom. The Bertz CT molecular complexity index is 1620. The summed E-state index contributed by atoms with van der Waals surface area (Å²) in [5, 5.41) is 2.48. The molecule has 0 fully saturated rings. The van der Waals surface area contributed by atoms with Crippen LogP contribution in [-0.2, 0) is 0 Å². The SMILES string of the molecule is Cc1nc(-c2ccc(-c3ccncc3)cc2)nc(-c2ccc(-c3cccc4ccccc34)cc2)n1. The van der Waals surface area contributed by atoms with Crippen molar-refractivity contribution in [3.05, 3.63) is 121 Å². The van der Waals surface area contributed by atoms with Gasteiger partial charge < -0.3 is 0 Å². The summed E-state index contributed by atoms with van der Waals surface area (Å²) in [5.74, 6) is 2.04. The minimum absolute atomic E-state index is 0.673. The fourth-order valence-electron chi connectivity index (χ4n) is 4.37. The molecular formula is C31H22N4. The highest BCUT2D eigenvalue weighted by Gasteiger charge is 2.10. The Labute approximate surface area is 204 Å². The molecular weight excluding hydrogens is 428 g/mol. The molecule has 0 aliphatic rings. The molecule has 0 atom stereocenters. The van der Waals surface area contributed by atoms with E-state index in [4.69, 9.17) is 4.98 Å². The molecule has 0 aliphatic carbocycles. The van der Waals surface area contributed by atoms with Gasteiger partial charge in [0, 0.05) is 23.5 Å². The summed E-state index contributed by atoms with van der Waals surface area (Å²) in [6.07, 6.45) is 3.60. The maximum absolute atomic E-state index is 4.80. The highest BCUT2D eigenvalue weighted by atomic mass is 15.0. The zero-order valence-electron chi connectivity index (χ0n) is 19.3. The summed E-state index contributed by atoms with van der Waals surface area (Å²) in [5.41, 5.74) is 6.58. The second-order valence-electron chi connectivity index (χ2n) is 8.45. The molecule has 166 valence electrons. The third-order valence-corrected chi connectivity index (χ3v) is 6.15. The maximum Gasteiger partial charge on any atom is 0.163 e. The van der Waals surface area contributed by atoms with Crippen molar-refractivity contribution in [2.24, 2.45) is 0 Å². The van der Waals surface area contributed by atoms with Crippen molar-refractivity contribution in [3.63, 3.8) is 0 Å². The van der Waals surface area contributed by atoms with Crippen molar-refractivity contribution in [1.82, 2.24) is 19.9 Å². The van der Waals surface area contributed by atoms with Gasteiger partial charge in [0.05, 0.1) is 0 Å². The van der Waals surface area contributed by atoms with Crippen LogP contribution in [0, 0.1) is 6.92 Å². The molecule has 0 aliphatic heterocycles. The lowest BCUT2D eigenvalue weighted by atomic mass is 9.97. The first kappa shape index (κ1) is 20.9. The van der Waals surface area contributed by atoms with Crippen LogP contribution >= 0.6 is 0 Å². The van der Waals surface area contributed by atoms with Gasteiger partial charge in [-0.25, -0.2) is 15.0 Å². The van der Waals surface area contributed by atoms with Crippen LogP contribution in [0.5, 0.6) is 0 Å². The summed E-state index contributed by atoms with van der Waals surface area (Å²) in [4.78, 5) is 18.1. The van der Waals surface area contributed by atoms with Crippen molar-refractivity contribution in [3.8, 4) is 45.0 Å². The number of pyridine rings is 1. The fourth-order valence-corrected chi connectivity index (χ4v) is 4.37. The Morgan fingerprint density at radius 2 is 1.00 bits per heavy atom. The molecule has 0 amide bonds. The highest BCUT2D eigenvalue weighted by Crippen LogP contribution is 2.30. The monoisotopic (exact) mass is 450 g/mol. The Kier molecular flexibility index (Phi) is 5.32. The average molecular weight is 451 g/mol. The number of nitrogens with zero attached hydrogens (tertiary/aromatic N) is 4. The van der Waals surface area contributed by atoms with E-state index >= 15 is 0 Å². The topological polar surface area (TPSA) is 51.6 Å². The number of hydrogen-bond donors (Lipinski definition) is 0. The molecule has 6 rings (SSSR count). The van der Waals surface area contributed by atoms with Crippen molar-refractivity contribution in [1.29, 1.82) is 0 Å². The molecule has 0 N–H and O–H groups in total. The zero-order chi connectivity index (χ0) is 23.6. The van der Waals surface area contributed by atoms with Crippen LogP contribution in [0.25, 0.3) is 55.8 Å². The predicted octanol–water partition coefficient (Wildman–Crippen LogP) is 7.40. The summed E-state index contributed by atoms with van der Waals surface area (Å²) < 4.78 is 0. The predicted molar refractivity (Wildman–Crippen MR) is 142 cm³/mol. The van der Waals surface area contributed by atoms with Gasteiger partial charge in [0.25, 0.3) is 0 Å². The number of hydrogen-bond acceptors (Lipinski definition) is 4. The highest BCUT2D eigenvalue weighted by molar-refractivity contribution is 5.96. The van der Waals surface area contributed by atoms with E-state index in [-0.39, 0.29) is 0 Å². The third-order valence-electron chi connectivity index (χ3n) is 6.15. The van der Waals surface area contributed by atoms with E-state index in [9.17, 15) is 0 Å². The molecule has 4 heteroatoms. The molecule has 0 spiro atoms. The van der Waals surface area contributed by atoms with Crippen LogP contribution in [0.15, 0.2) is 116 Å². The lowest BCUT2D eigenvalue weighted by Crippen LogP contribution is -1.99. The minimum atomic E-state index is 0.673. The van der Waals surface area contributed by atoms with Crippen LogP contribution in [0.2, 0.25) is 0 Å². The fraction of sp³-hybridized carbons (Fsp3) is 0.0323. The number of fused-ring (bicyclic) bond motifs is 1. The van der Waals surface area contributed by atoms with Crippen molar-refractivity contribution in [2.75, 3.05) is 0 Å². The van der Waals surface area contributed by atoms with Gasteiger partial charge in [-0.15, -0.1) is 0 Å². The molecule has 35 heavy (non-hydrogen) atoms. The quantitative estimate of drug-likeness (QED) is 0.281. The molecule has 4 nitrogen and oxygen atoms in total. The summed E-state index contributed by atoms with van der Waals surface area (Å²) in [6.45, 7) is 1.91. The lowest BCUT2D eigenvalue weighted by Gasteiger charge is -2.09. The van der Waals surface area contributed by atoms with Crippen LogP contribution in [0.3, 0.4) is 0 Å².